The van der Waals surface area contributed by atoms with Crippen LogP contribution in [0.5, 0.6) is 0 Å². The molecule has 0 spiro atoms. The summed E-state index contributed by atoms with van der Waals surface area (Å²) in [6.45, 7) is 2.69. The average Bonchev–Trinajstić information content (AvgIpc) is 3.13. The van der Waals surface area contributed by atoms with Crippen molar-refractivity contribution in [3.8, 4) is 0 Å². The number of nitro benzene ring substituents is 1. The fraction of sp³-hybridized carbons (Fsp3) is 0.188. The van der Waals surface area contributed by atoms with E-state index in [2.05, 4.69) is 35.7 Å². The molecule has 0 aliphatic rings. The summed E-state index contributed by atoms with van der Waals surface area (Å²) in [5.41, 5.74) is 0.834. The van der Waals surface area contributed by atoms with Gasteiger partial charge in [-0.3, -0.25) is 14.9 Å². The molecule has 4 aromatic rings. The number of hydrogen-bond donors (Lipinski definition) is 3. The smallest absolute Gasteiger partial charge is 0.293 e. The minimum absolute atomic E-state index is 0.165. The van der Waals surface area contributed by atoms with Gasteiger partial charge in [-0.15, -0.1) is 0 Å². The zero-order valence-corrected chi connectivity index (χ0v) is 14.7. The summed E-state index contributed by atoms with van der Waals surface area (Å²) < 4.78 is 1.57. The van der Waals surface area contributed by atoms with Crippen LogP contribution in [-0.4, -0.2) is 47.6 Å². The molecule has 0 amide bonds. The van der Waals surface area contributed by atoms with E-state index in [0.29, 0.717) is 30.2 Å². The zero-order chi connectivity index (χ0) is 19.7. The largest absolute Gasteiger partial charge is 0.378 e. The molecule has 0 aliphatic heterocycles. The lowest BCUT2D eigenvalue weighted by atomic mass is 10.2. The first-order chi connectivity index (χ1) is 13.5. The molecular formula is C16H15N9O3. The van der Waals surface area contributed by atoms with Crippen molar-refractivity contribution in [3.05, 3.63) is 57.0 Å². The van der Waals surface area contributed by atoms with Gasteiger partial charge in [0.15, 0.2) is 0 Å². The maximum absolute atomic E-state index is 11.8. The van der Waals surface area contributed by atoms with E-state index in [1.165, 1.54) is 24.8 Å². The van der Waals surface area contributed by atoms with Crippen LogP contribution in [0.4, 0.5) is 17.2 Å². The molecule has 142 valence electrons. The molecule has 0 atom stereocenters. The minimum atomic E-state index is -0.535. The Kier molecular flexibility index (Phi) is 4.27. The van der Waals surface area contributed by atoms with Crippen LogP contribution in [0.2, 0.25) is 0 Å². The fourth-order valence-corrected chi connectivity index (χ4v) is 2.84. The number of nitrogens with zero attached hydrogens (tertiary/aromatic N) is 6. The molecule has 12 nitrogen and oxygen atoms in total. The third kappa shape index (κ3) is 3.18. The number of aromatic amines is 1. The molecule has 0 bridgehead atoms. The summed E-state index contributed by atoms with van der Waals surface area (Å²) in [6, 6.07) is 4.55. The highest BCUT2D eigenvalue weighted by Gasteiger charge is 2.17. The number of fused-ring (bicyclic) bond motifs is 2. The van der Waals surface area contributed by atoms with Crippen LogP contribution in [0.15, 0.2) is 35.6 Å². The quantitative estimate of drug-likeness (QED) is 0.253. The van der Waals surface area contributed by atoms with Gasteiger partial charge < -0.3 is 15.6 Å². The Labute approximate surface area is 156 Å². The van der Waals surface area contributed by atoms with Crippen LogP contribution in [-0.2, 0) is 0 Å². The summed E-state index contributed by atoms with van der Waals surface area (Å²) in [5.74, 6) is 1.19. The van der Waals surface area contributed by atoms with E-state index in [1.807, 2.05) is 13.0 Å². The molecule has 3 aromatic heterocycles. The summed E-state index contributed by atoms with van der Waals surface area (Å²) in [4.78, 5) is 37.5. The first kappa shape index (κ1) is 17.3. The molecule has 3 heterocycles. The first-order valence-electron chi connectivity index (χ1n) is 8.34. The van der Waals surface area contributed by atoms with Crippen molar-refractivity contribution in [1.82, 2.24) is 29.5 Å². The highest BCUT2D eigenvalue weighted by molar-refractivity contribution is 5.86. The van der Waals surface area contributed by atoms with Crippen LogP contribution in [0.1, 0.15) is 5.69 Å². The van der Waals surface area contributed by atoms with Gasteiger partial charge in [0.25, 0.3) is 17.0 Å². The third-order valence-corrected chi connectivity index (χ3v) is 4.08. The number of rotatable bonds is 6. The number of aryl methyl sites for hydroxylation is 1. The Morgan fingerprint density at radius 3 is 2.86 bits per heavy atom. The van der Waals surface area contributed by atoms with Crippen LogP contribution >= 0.6 is 0 Å². The predicted octanol–water partition coefficient (Wildman–Crippen LogP) is 1.10. The number of benzene rings is 1. The molecule has 12 heteroatoms. The summed E-state index contributed by atoms with van der Waals surface area (Å²) in [6.07, 6.45) is 2.68. The van der Waals surface area contributed by atoms with Crippen molar-refractivity contribution >= 4 is 33.9 Å². The number of aromatic nitrogens is 6. The standard InChI is InChI=1S/C16H15N9O3/c1-9-4-14(24-16(23-9)21-8-22-24)18-3-2-17-12-6-11-10(5-13(12)25(27)28)15(26)20-7-19-11/h4-8,17-18H,2-3H2,1H3,(H,19,20,26). The molecule has 0 saturated heterocycles. The van der Waals surface area contributed by atoms with Crippen LogP contribution in [0.3, 0.4) is 0 Å². The number of hydrogen-bond acceptors (Lipinski definition) is 9. The number of nitro groups is 1. The lowest BCUT2D eigenvalue weighted by Gasteiger charge is -2.11. The Hall–Kier alpha value is -4.09. The Balaban J connectivity index is 1.52. The molecule has 0 saturated carbocycles. The van der Waals surface area contributed by atoms with Gasteiger partial charge >= 0.3 is 0 Å². The van der Waals surface area contributed by atoms with Gasteiger partial charge in [-0.05, 0) is 13.0 Å². The summed E-state index contributed by atoms with van der Waals surface area (Å²) in [5, 5.41) is 21.9. The molecule has 4 rings (SSSR count). The Morgan fingerprint density at radius 2 is 2.04 bits per heavy atom. The van der Waals surface area contributed by atoms with E-state index in [0.717, 1.165) is 5.69 Å². The number of H-pyrrole nitrogens is 1. The predicted molar refractivity (Wildman–Crippen MR) is 102 cm³/mol. The number of nitrogens with one attached hydrogen (secondary N) is 3. The summed E-state index contributed by atoms with van der Waals surface area (Å²) in [7, 11) is 0. The third-order valence-electron chi connectivity index (χ3n) is 4.08. The normalized spacial score (nSPS) is 11.0. The molecule has 0 aliphatic carbocycles. The van der Waals surface area contributed by atoms with E-state index in [9.17, 15) is 14.9 Å². The monoisotopic (exact) mass is 381 g/mol. The molecule has 0 radical (unpaired) electrons. The molecule has 1 aromatic carbocycles. The van der Waals surface area contributed by atoms with E-state index in [-0.39, 0.29) is 16.8 Å². The fourth-order valence-electron chi connectivity index (χ4n) is 2.84. The van der Waals surface area contributed by atoms with E-state index in [1.54, 1.807) is 4.52 Å². The van der Waals surface area contributed by atoms with Crippen molar-refractivity contribution in [1.29, 1.82) is 0 Å². The second kappa shape index (κ2) is 6.90. The highest BCUT2D eigenvalue weighted by atomic mass is 16.6. The van der Waals surface area contributed by atoms with E-state index in [4.69, 9.17) is 0 Å². The lowest BCUT2D eigenvalue weighted by molar-refractivity contribution is -0.383. The molecule has 28 heavy (non-hydrogen) atoms. The number of anilines is 2. The average molecular weight is 381 g/mol. The van der Waals surface area contributed by atoms with Crippen molar-refractivity contribution in [2.24, 2.45) is 0 Å². The maximum Gasteiger partial charge on any atom is 0.293 e. The van der Waals surface area contributed by atoms with Gasteiger partial charge in [0.1, 0.15) is 17.8 Å². The van der Waals surface area contributed by atoms with E-state index >= 15 is 0 Å². The van der Waals surface area contributed by atoms with Crippen molar-refractivity contribution in [3.63, 3.8) is 0 Å². The van der Waals surface area contributed by atoms with Gasteiger partial charge in [-0.2, -0.15) is 14.6 Å². The highest BCUT2D eigenvalue weighted by Crippen LogP contribution is 2.27. The van der Waals surface area contributed by atoms with Gasteiger partial charge in [-0.25, -0.2) is 9.97 Å². The van der Waals surface area contributed by atoms with Gasteiger partial charge in [0.2, 0.25) is 0 Å². The Bertz CT molecular complexity index is 1250. The SMILES string of the molecule is Cc1cc(NCCNc2cc3nc[nH]c(=O)c3cc2[N+](=O)[O-])n2ncnc2n1. The molecule has 0 unspecified atom stereocenters. The van der Waals surface area contributed by atoms with Gasteiger partial charge in [-0.1, -0.05) is 0 Å². The minimum Gasteiger partial charge on any atom is -0.378 e. The van der Waals surface area contributed by atoms with Crippen LogP contribution in [0.25, 0.3) is 16.7 Å². The van der Waals surface area contributed by atoms with E-state index < -0.39 is 10.5 Å². The van der Waals surface area contributed by atoms with Crippen molar-refractivity contribution in [2.75, 3.05) is 23.7 Å². The van der Waals surface area contributed by atoms with Gasteiger partial charge in [0, 0.05) is 30.9 Å². The van der Waals surface area contributed by atoms with Crippen LogP contribution < -0.4 is 16.2 Å². The van der Waals surface area contributed by atoms with Crippen molar-refractivity contribution < 1.29 is 4.92 Å². The molecular weight excluding hydrogens is 366 g/mol. The van der Waals surface area contributed by atoms with Crippen LogP contribution in [0, 0.1) is 17.0 Å². The maximum atomic E-state index is 11.8. The first-order valence-corrected chi connectivity index (χ1v) is 8.34. The summed E-state index contributed by atoms with van der Waals surface area (Å²) >= 11 is 0. The topological polar surface area (TPSA) is 156 Å². The molecule has 0 fully saturated rings. The van der Waals surface area contributed by atoms with Crippen molar-refractivity contribution in [2.45, 2.75) is 6.92 Å². The molecule has 3 N–H and O–H groups in total. The zero-order valence-electron chi connectivity index (χ0n) is 14.7. The Morgan fingerprint density at radius 1 is 1.21 bits per heavy atom. The van der Waals surface area contributed by atoms with Gasteiger partial charge in [0.05, 0.1) is 22.2 Å². The second-order valence-electron chi connectivity index (χ2n) is 5.98. The second-order valence-corrected chi connectivity index (χ2v) is 5.98. The lowest BCUT2D eigenvalue weighted by Crippen LogP contribution is -2.17.